The minimum Gasteiger partial charge on any atom is -0.507 e. The van der Waals surface area contributed by atoms with Crippen LogP contribution in [0.25, 0.3) is 0 Å². The maximum absolute atomic E-state index is 12.5. The normalized spacial score (nSPS) is 11.8. The summed E-state index contributed by atoms with van der Waals surface area (Å²) in [6, 6.07) is 21.3. The van der Waals surface area contributed by atoms with E-state index >= 15 is 0 Å². The summed E-state index contributed by atoms with van der Waals surface area (Å²) in [5.41, 5.74) is 5.44. The standard InChI is InChI=1S/C29H36N2O2/c1-28(2,3)23-18-20(19-24(26(23)32)29(4,5)6)16-17-21-12-10-11-15-25(21)31-27(33)30-22-13-8-7-9-14-22/h7-15,18-19,32H,16-17H2,1-6H3,(H2,30,31,33). The van der Waals surface area contributed by atoms with Crippen molar-refractivity contribution in [3.8, 4) is 5.75 Å². The minimum atomic E-state index is -0.261. The molecule has 0 bridgehead atoms. The molecule has 0 fully saturated rings. The summed E-state index contributed by atoms with van der Waals surface area (Å²) in [5, 5.41) is 16.8. The monoisotopic (exact) mass is 444 g/mol. The molecule has 3 aromatic carbocycles. The maximum atomic E-state index is 12.5. The molecule has 2 amide bonds. The average Bonchev–Trinajstić information content (AvgIpc) is 2.73. The molecule has 4 heteroatoms. The zero-order valence-electron chi connectivity index (χ0n) is 20.6. The van der Waals surface area contributed by atoms with Gasteiger partial charge in [-0.15, -0.1) is 0 Å². The van der Waals surface area contributed by atoms with Crippen molar-refractivity contribution in [1.29, 1.82) is 0 Å². The quantitative estimate of drug-likeness (QED) is 0.383. The number of aromatic hydroxyl groups is 1. The number of anilines is 2. The van der Waals surface area contributed by atoms with Gasteiger partial charge in [0, 0.05) is 11.4 Å². The molecule has 0 aromatic heterocycles. The molecule has 3 rings (SSSR count). The molecule has 174 valence electrons. The Morgan fingerprint density at radius 2 is 1.30 bits per heavy atom. The molecule has 0 aliphatic heterocycles. The Balaban J connectivity index is 1.81. The number of urea groups is 1. The molecule has 3 N–H and O–H groups in total. The first-order valence-electron chi connectivity index (χ1n) is 11.5. The highest BCUT2D eigenvalue weighted by Crippen LogP contribution is 2.40. The van der Waals surface area contributed by atoms with E-state index in [2.05, 4.69) is 64.3 Å². The summed E-state index contributed by atoms with van der Waals surface area (Å²) in [6.07, 6.45) is 1.59. The fourth-order valence-corrected chi connectivity index (χ4v) is 3.93. The molecular formula is C29H36N2O2. The van der Waals surface area contributed by atoms with Crippen LogP contribution >= 0.6 is 0 Å². The van der Waals surface area contributed by atoms with Crippen molar-refractivity contribution < 1.29 is 9.90 Å². The van der Waals surface area contributed by atoms with Gasteiger partial charge in [-0.25, -0.2) is 4.79 Å². The minimum absolute atomic E-state index is 0.158. The molecule has 0 heterocycles. The Hall–Kier alpha value is -3.27. The molecule has 0 aliphatic rings. The average molecular weight is 445 g/mol. The van der Waals surface area contributed by atoms with Gasteiger partial charge in [-0.3, -0.25) is 0 Å². The van der Waals surface area contributed by atoms with E-state index in [1.54, 1.807) is 0 Å². The predicted octanol–water partition coefficient (Wildman–Crippen LogP) is 7.42. The van der Waals surface area contributed by atoms with Crippen LogP contribution in [0.4, 0.5) is 16.2 Å². The summed E-state index contributed by atoms with van der Waals surface area (Å²) < 4.78 is 0. The van der Waals surface area contributed by atoms with E-state index in [4.69, 9.17) is 0 Å². The summed E-state index contributed by atoms with van der Waals surface area (Å²) >= 11 is 0. The Morgan fingerprint density at radius 3 is 1.88 bits per heavy atom. The van der Waals surface area contributed by atoms with Gasteiger partial charge >= 0.3 is 6.03 Å². The topological polar surface area (TPSA) is 61.4 Å². The fourth-order valence-electron chi connectivity index (χ4n) is 3.93. The van der Waals surface area contributed by atoms with Gasteiger partial charge in [0.15, 0.2) is 0 Å². The van der Waals surface area contributed by atoms with Gasteiger partial charge in [-0.1, -0.05) is 90.1 Å². The molecule has 0 unspecified atom stereocenters. The number of amides is 2. The molecule has 0 saturated carbocycles. The lowest BCUT2D eigenvalue weighted by atomic mass is 9.78. The summed E-state index contributed by atoms with van der Waals surface area (Å²) in [6.45, 7) is 12.8. The highest BCUT2D eigenvalue weighted by Gasteiger charge is 2.26. The van der Waals surface area contributed by atoms with Crippen LogP contribution in [0.1, 0.15) is 63.8 Å². The third-order valence-corrected chi connectivity index (χ3v) is 5.77. The van der Waals surface area contributed by atoms with Crippen LogP contribution in [0, 0.1) is 0 Å². The fraction of sp³-hybridized carbons (Fsp3) is 0.345. The number of phenols is 1. The molecule has 4 nitrogen and oxygen atoms in total. The van der Waals surface area contributed by atoms with Crippen molar-refractivity contribution in [1.82, 2.24) is 0 Å². The molecule has 0 saturated heterocycles. The lowest BCUT2D eigenvalue weighted by Gasteiger charge is -2.28. The number of phenolic OH excluding ortho intramolecular Hbond substituents is 1. The summed E-state index contributed by atoms with van der Waals surface area (Å²) in [5.74, 6) is 0.401. The summed E-state index contributed by atoms with van der Waals surface area (Å²) in [4.78, 5) is 12.5. The van der Waals surface area contributed by atoms with Gasteiger partial charge in [-0.05, 0) is 64.1 Å². The first-order valence-corrected chi connectivity index (χ1v) is 11.5. The predicted molar refractivity (Wildman–Crippen MR) is 138 cm³/mol. The van der Waals surface area contributed by atoms with Crippen LogP contribution in [0.2, 0.25) is 0 Å². The first-order chi connectivity index (χ1) is 15.4. The molecule has 0 atom stereocenters. The van der Waals surface area contributed by atoms with Crippen molar-refractivity contribution in [3.63, 3.8) is 0 Å². The van der Waals surface area contributed by atoms with Crippen LogP contribution in [-0.2, 0) is 23.7 Å². The second-order valence-electron chi connectivity index (χ2n) is 10.6. The van der Waals surface area contributed by atoms with Crippen molar-refractivity contribution in [2.75, 3.05) is 10.6 Å². The molecule has 3 aromatic rings. The SMILES string of the molecule is CC(C)(C)c1cc(CCc2ccccc2NC(=O)Nc2ccccc2)cc(C(C)(C)C)c1O. The van der Waals surface area contributed by atoms with Crippen LogP contribution in [0.3, 0.4) is 0 Å². The van der Waals surface area contributed by atoms with Crippen LogP contribution in [-0.4, -0.2) is 11.1 Å². The van der Waals surface area contributed by atoms with Gasteiger partial charge in [0.2, 0.25) is 0 Å². The van der Waals surface area contributed by atoms with E-state index in [-0.39, 0.29) is 16.9 Å². The third-order valence-electron chi connectivity index (χ3n) is 5.77. The van der Waals surface area contributed by atoms with E-state index in [1.165, 1.54) is 5.56 Å². The van der Waals surface area contributed by atoms with Crippen molar-refractivity contribution in [2.24, 2.45) is 0 Å². The zero-order chi connectivity index (χ0) is 24.2. The smallest absolute Gasteiger partial charge is 0.323 e. The molecule has 33 heavy (non-hydrogen) atoms. The summed E-state index contributed by atoms with van der Waals surface area (Å²) in [7, 11) is 0. The molecule has 0 spiro atoms. The zero-order valence-corrected chi connectivity index (χ0v) is 20.6. The Morgan fingerprint density at radius 1 is 0.758 bits per heavy atom. The second kappa shape index (κ2) is 9.70. The number of hydrogen-bond acceptors (Lipinski definition) is 2. The lowest BCUT2D eigenvalue weighted by molar-refractivity contribution is 0.262. The number of para-hydroxylation sites is 2. The lowest BCUT2D eigenvalue weighted by Crippen LogP contribution is -2.20. The van der Waals surface area contributed by atoms with Crippen molar-refractivity contribution in [3.05, 3.63) is 89.0 Å². The number of hydrogen-bond donors (Lipinski definition) is 3. The van der Waals surface area contributed by atoms with E-state index < -0.39 is 0 Å². The van der Waals surface area contributed by atoms with Crippen LogP contribution < -0.4 is 10.6 Å². The van der Waals surface area contributed by atoms with Gasteiger partial charge in [-0.2, -0.15) is 0 Å². The van der Waals surface area contributed by atoms with E-state index in [1.807, 2.05) is 54.6 Å². The van der Waals surface area contributed by atoms with E-state index in [0.29, 0.717) is 5.75 Å². The number of carbonyl (C=O) groups is 1. The number of rotatable bonds is 5. The largest absolute Gasteiger partial charge is 0.507 e. The highest BCUT2D eigenvalue weighted by atomic mass is 16.3. The maximum Gasteiger partial charge on any atom is 0.323 e. The number of nitrogens with one attached hydrogen (secondary N) is 2. The van der Waals surface area contributed by atoms with Gasteiger partial charge in [0.25, 0.3) is 0 Å². The van der Waals surface area contributed by atoms with Gasteiger partial charge < -0.3 is 15.7 Å². The Kier molecular flexibility index (Phi) is 7.16. The van der Waals surface area contributed by atoms with Crippen molar-refractivity contribution >= 4 is 17.4 Å². The van der Waals surface area contributed by atoms with Crippen LogP contribution in [0.5, 0.6) is 5.75 Å². The van der Waals surface area contributed by atoms with Gasteiger partial charge in [0.1, 0.15) is 5.75 Å². The second-order valence-corrected chi connectivity index (χ2v) is 10.6. The van der Waals surface area contributed by atoms with E-state index in [9.17, 15) is 9.90 Å². The Bertz CT molecular complexity index is 1070. The molecule has 0 radical (unpaired) electrons. The van der Waals surface area contributed by atoms with Crippen molar-refractivity contribution in [2.45, 2.75) is 65.2 Å². The van der Waals surface area contributed by atoms with Gasteiger partial charge in [0.05, 0.1) is 0 Å². The Labute approximate surface area is 198 Å². The molecule has 0 aliphatic carbocycles. The highest BCUT2D eigenvalue weighted by molar-refractivity contribution is 6.00. The number of carbonyl (C=O) groups excluding carboxylic acids is 1. The first kappa shape index (κ1) is 24.4. The third kappa shape index (κ3) is 6.38. The van der Waals surface area contributed by atoms with Crippen LogP contribution in [0.15, 0.2) is 66.7 Å². The number of benzene rings is 3. The van der Waals surface area contributed by atoms with E-state index in [0.717, 1.165) is 40.9 Å². The number of aryl methyl sites for hydroxylation is 2. The molecular weight excluding hydrogens is 408 g/mol.